The summed E-state index contributed by atoms with van der Waals surface area (Å²) >= 11 is 0. The van der Waals surface area contributed by atoms with E-state index in [1.807, 2.05) is 6.08 Å². The number of allylic oxidation sites excluding steroid dienone is 11. The highest BCUT2D eigenvalue weighted by Crippen LogP contribution is 2.30. The lowest BCUT2D eigenvalue weighted by Crippen LogP contribution is -2.65. The number of amides is 1. The van der Waals surface area contributed by atoms with Crippen LogP contribution < -0.4 is 5.32 Å². The monoisotopic (exact) mass is 1020 g/mol. The second-order valence-electron chi connectivity index (χ2n) is 19.7. The molecule has 12 atom stereocenters. The topological polar surface area (TPSA) is 228 Å². The number of carbonyl (C=O) groups is 1. The van der Waals surface area contributed by atoms with E-state index in [0.29, 0.717) is 12.8 Å². The van der Waals surface area contributed by atoms with Crippen LogP contribution in [0.2, 0.25) is 0 Å². The maximum Gasteiger partial charge on any atom is 0.220 e. The van der Waals surface area contributed by atoms with Crippen molar-refractivity contribution in [2.24, 2.45) is 0 Å². The van der Waals surface area contributed by atoms with E-state index in [2.05, 4.69) is 79.9 Å². The Kier molecular flexibility index (Phi) is 39.7. The minimum Gasteiger partial charge on any atom is -0.394 e. The summed E-state index contributed by atoms with van der Waals surface area (Å²) < 4.78 is 22.7. The molecule has 0 spiro atoms. The van der Waals surface area contributed by atoms with Crippen LogP contribution in [-0.4, -0.2) is 140 Å². The number of unbranched alkanes of at least 4 members (excludes halogenated alkanes) is 20. The van der Waals surface area contributed by atoms with Crippen LogP contribution >= 0.6 is 0 Å². The predicted octanol–water partition coefficient (Wildman–Crippen LogP) is 8.77. The van der Waals surface area contributed by atoms with Crippen LogP contribution in [0.1, 0.15) is 194 Å². The van der Waals surface area contributed by atoms with Crippen molar-refractivity contribution in [1.29, 1.82) is 0 Å². The van der Waals surface area contributed by atoms with E-state index in [4.69, 9.17) is 18.9 Å². The Balaban J connectivity index is 1.83. The van der Waals surface area contributed by atoms with Crippen LogP contribution in [0, 0.1) is 0 Å². The third-order valence-corrected chi connectivity index (χ3v) is 13.4. The Bertz CT molecular complexity index is 1480. The summed E-state index contributed by atoms with van der Waals surface area (Å²) in [6.45, 7) is 2.64. The van der Waals surface area contributed by atoms with Crippen molar-refractivity contribution in [2.75, 3.05) is 19.8 Å². The molecule has 416 valence electrons. The molecular formula is C58H101NO13. The zero-order valence-corrected chi connectivity index (χ0v) is 44.4. The van der Waals surface area contributed by atoms with Gasteiger partial charge in [-0.3, -0.25) is 4.79 Å². The quantitative estimate of drug-likeness (QED) is 0.0206. The van der Waals surface area contributed by atoms with Gasteiger partial charge in [-0.05, 0) is 70.6 Å². The largest absolute Gasteiger partial charge is 0.394 e. The van der Waals surface area contributed by atoms with E-state index in [9.17, 15) is 45.6 Å². The van der Waals surface area contributed by atoms with Crippen LogP contribution in [0.25, 0.3) is 0 Å². The first-order chi connectivity index (χ1) is 35.1. The molecule has 0 aliphatic carbocycles. The summed E-state index contributed by atoms with van der Waals surface area (Å²) in [4.78, 5) is 13.2. The molecule has 0 saturated carbocycles. The second kappa shape index (κ2) is 43.6. The van der Waals surface area contributed by atoms with Crippen LogP contribution in [0.5, 0.6) is 0 Å². The van der Waals surface area contributed by atoms with E-state index in [0.717, 1.165) is 64.2 Å². The molecule has 2 heterocycles. The average Bonchev–Trinajstić information content (AvgIpc) is 3.38. The number of carbonyl (C=O) groups excluding carboxylic acids is 1. The highest BCUT2D eigenvalue weighted by molar-refractivity contribution is 5.76. The Hall–Kier alpha value is -2.57. The first-order valence-corrected chi connectivity index (χ1v) is 28.2. The second-order valence-corrected chi connectivity index (χ2v) is 19.7. The molecule has 2 aliphatic rings. The summed E-state index contributed by atoms with van der Waals surface area (Å²) in [5.41, 5.74) is 0. The fourth-order valence-corrected chi connectivity index (χ4v) is 8.83. The molecule has 9 N–H and O–H groups in total. The molecule has 0 aromatic heterocycles. The first-order valence-electron chi connectivity index (χ1n) is 28.2. The van der Waals surface area contributed by atoms with Crippen LogP contribution in [0.4, 0.5) is 0 Å². The van der Waals surface area contributed by atoms with Gasteiger partial charge in [0.2, 0.25) is 5.91 Å². The van der Waals surface area contributed by atoms with Crippen molar-refractivity contribution in [3.63, 3.8) is 0 Å². The van der Waals surface area contributed by atoms with Crippen molar-refractivity contribution in [1.82, 2.24) is 5.32 Å². The van der Waals surface area contributed by atoms with E-state index in [1.165, 1.54) is 96.3 Å². The molecule has 72 heavy (non-hydrogen) atoms. The smallest absolute Gasteiger partial charge is 0.220 e. The van der Waals surface area contributed by atoms with Crippen LogP contribution in [0.3, 0.4) is 0 Å². The fraction of sp³-hybridized carbons (Fsp3) is 0.776. The van der Waals surface area contributed by atoms with Crippen molar-refractivity contribution < 1.29 is 64.6 Å². The molecule has 2 rings (SSSR count). The van der Waals surface area contributed by atoms with Gasteiger partial charge in [0.05, 0.1) is 32.0 Å². The van der Waals surface area contributed by atoms with Gasteiger partial charge < -0.3 is 65.1 Å². The lowest BCUT2D eigenvalue weighted by atomic mass is 9.97. The van der Waals surface area contributed by atoms with Gasteiger partial charge in [-0.15, -0.1) is 0 Å². The molecule has 2 saturated heterocycles. The van der Waals surface area contributed by atoms with Gasteiger partial charge in [0.25, 0.3) is 0 Å². The zero-order chi connectivity index (χ0) is 52.4. The zero-order valence-electron chi connectivity index (χ0n) is 44.4. The van der Waals surface area contributed by atoms with E-state index < -0.39 is 86.8 Å². The SMILES string of the molecule is CC/C=C\C/C=C\C/C=C\C/C=C\CCCCCCC(=O)NC(COC1OC(CO)C(OC2OC(CO)C(O)C(O)C2O)C(O)C1O)C(O)/C=C/CC/C=C/CCCCCCCCCCCCCCCCC. The third-order valence-electron chi connectivity index (χ3n) is 13.4. The molecule has 0 aromatic rings. The maximum atomic E-state index is 13.2. The molecule has 0 radical (unpaired) electrons. The Morgan fingerprint density at radius 1 is 0.514 bits per heavy atom. The lowest BCUT2D eigenvalue weighted by molar-refractivity contribution is -0.359. The minimum atomic E-state index is -1.80. The van der Waals surface area contributed by atoms with Crippen LogP contribution in [0.15, 0.2) is 72.9 Å². The first kappa shape index (κ1) is 65.5. The average molecular weight is 1020 g/mol. The molecule has 0 bridgehead atoms. The van der Waals surface area contributed by atoms with Gasteiger partial charge in [0.1, 0.15) is 48.8 Å². The Morgan fingerprint density at radius 3 is 1.53 bits per heavy atom. The summed E-state index contributed by atoms with van der Waals surface area (Å²) in [5.74, 6) is -0.275. The minimum absolute atomic E-state index is 0.242. The molecule has 2 aliphatic heterocycles. The molecule has 0 aromatic carbocycles. The highest BCUT2D eigenvalue weighted by atomic mass is 16.7. The van der Waals surface area contributed by atoms with Gasteiger partial charge in [0.15, 0.2) is 12.6 Å². The van der Waals surface area contributed by atoms with E-state index in [1.54, 1.807) is 6.08 Å². The highest BCUT2D eigenvalue weighted by Gasteiger charge is 2.51. The van der Waals surface area contributed by atoms with Gasteiger partial charge in [-0.2, -0.15) is 0 Å². The van der Waals surface area contributed by atoms with Crippen molar-refractivity contribution in [3.05, 3.63) is 72.9 Å². The number of hydrogen-bond donors (Lipinski definition) is 9. The molecule has 1 amide bonds. The van der Waals surface area contributed by atoms with Crippen LogP contribution in [-0.2, 0) is 23.7 Å². The number of aliphatic hydroxyl groups excluding tert-OH is 8. The fourth-order valence-electron chi connectivity index (χ4n) is 8.83. The Morgan fingerprint density at radius 2 is 0.972 bits per heavy atom. The van der Waals surface area contributed by atoms with E-state index in [-0.39, 0.29) is 18.9 Å². The standard InChI is InChI=1S/C58H101NO13/c1-3-5-7-9-11-13-15-17-19-21-22-23-24-26-27-29-31-33-35-37-39-41-47(62)46(59-50(63)42-40-38-36-34-32-30-28-25-20-18-16-14-12-10-8-6-4-2)45-69-57-55(68)53(66)56(49(44-61)71-57)72-58-54(67)52(65)51(64)48(43-60)70-58/h6,8,12,14,18,20,28,30-31,33,39,41,46-49,51-58,60-62,64-68H,3-5,7,9-11,13,15-17,19,21-27,29,32,34-38,40,42-45H2,1-2H3,(H,59,63)/b8-6-,14-12-,20-18-,30-28-,33-31+,41-39+. The van der Waals surface area contributed by atoms with E-state index >= 15 is 0 Å². The number of hydrogen-bond acceptors (Lipinski definition) is 13. The number of nitrogens with one attached hydrogen (secondary N) is 1. The number of ether oxygens (including phenoxy) is 4. The molecule has 2 fully saturated rings. The molecular weight excluding hydrogens is 919 g/mol. The normalized spacial score (nSPS) is 26.1. The van der Waals surface area contributed by atoms with Crippen molar-refractivity contribution in [3.8, 4) is 0 Å². The van der Waals surface area contributed by atoms with Gasteiger partial charge in [-0.1, -0.05) is 189 Å². The Labute approximate surface area is 434 Å². The van der Waals surface area contributed by atoms with Gasteiger partial charge >= 0.3 is 0 Å². The molecule has 14 heteroatoms. The van der Waals surface area contributed by atoms with Crippen molar-refractivity contribution >= 4 is 5.91 Å². The van der Waals surface area contributed by atoms with Gasteiger partial charge in [-0.25, -0.2) is 0 Å². The number of aliphatic hydroxyl groups is 8. The van der Waals surface area contributed by atoms with Gasteiger partial charge in [0, 0.05) is 6.42 Å². The summed E-state index contributed by atoms with van der Waals surface area (Å²) in [6.07, 6.45) is 39.4. The summed E-state index contributed by atoms with van der Waals surface area (Å²) in [7, 11) is 0. The number of rotatable bonds is 43. The summed E-state index contributed by atoms with van der Waals surface area (Å²) in [5, 5.41) is 86.9. The maximum absolute atomic E-state index is 13.2. The third kappa shape index (κ3) is 29.5. The predicted molar refractivity (Wildman–Crippen MR) is 286 cm³/mol. The lowest BCUT2D eigenvalue weighted by Gasteiger charge is -2.46. The van der Waals surface area contributed by atoms with Crippen molar-refractivity contribution in [2.45, 2.75) is 267 Å². The molecule has 14 nitrogen and oxygen atoms in total. The molecule has 12 unspecified atom stereocenters. The summed E-state index contributed by atoms with van der Waals surface area (Å²) in [6, 6.07) is -0.948.